The maximum absolute atomic E-state index is 14.6. The number of anilines is 1. The second-order valence-corrected chi connectivity index (χ2v) is 13.5. The van der Waals surface area contributed by atoms with E-state index in [0.29, 0.717) is 11.5 Å². The van der Waals surface area contributed by atoms with Gasteiger partial charge in [-0.25, -0.2) is 8.42 Å². The molecule has 0 aliphatic carbocycles. The van der Waals surface area contributed by atoms with E-state index in [9.17, 15) is 18.0 Å². The highest BCUT2D eigenvalue weighted by atomic mass is 32.2. The van der Waals surface area contributed by atoms with Crippen LogP contribution in [0.1, 0.15) is 25.0 Å². The van der Waals surface area contributed by atoms with Gasteiger partial charge in [-0.3, -0.25) is 13.9 Å². The van der Waals surface area contributed by atoms with Crippen LogP contribution in [0.3, 0.4) is 0 Å². The summed E-state index contributed by atoms with van der Waals surface area (Å²) in [6.45, 7) is 3.29. The van der Waals surface area contributed by atoms with Crippen molar-refractivity contribution < 1.29 is 22.7 Å². The number of para-hydroxylation sites is 1. The quantitative estimate of drug-likeness (QED) is 0.141. The lowest BCUT2D eigenvalue weighted by molar-refractivity contribution is -0.140. The third kappa shape index (κ3) is 8.89. The van der Waals surface area contributed by atoms with E-state index in [1.165, 1.54) is 17.0 Å². The summed E-state index contributed by atoms with van der Waals surface area (Å²) in [7, 11) is -4.21. The molecule has 0 aliphatic rings. The second kappa shape index (κ2) is 15.9. The molecule has 5 aromatic rings. The Morgan fingerprint density at radius 3 is 1.73 bits per heavy atom. The zero-order chi connectivity index (χ0) is 33.9. The largest absolute Gasteiger partial charge is 0.457 e. The lowest BCUT2D eigenvalue weighted by atomic mass is 10.0. The number of sulfonamides is 1. The van der Waals surface area contributed by atoms with Gasteiger partial charge in [-0.2, -0.15) is 0 Å². The van der Waals surface area contributed by atoms with Crippen LogP contribution in [0.5, 0.6) is 11.5 Å². The van der Waals surface area contributed by atoms with Crippen LogP contribution in [0.4, 0.5) is 5.69 Å². The standard InChI is InChI=1S/C39H39N3O5S/c1-30(2)40-39(44)37(27-31-15-7-3-8-16-31)41(28-32-17-9-4-10-18-32)38(43)29-42(48(45,46)36-21-13-6-14-22-36)33-23-25-35(26-24-33)47-34-19-11-5-12-20-34/h3-26,30,37H,27-29H2,1-2H3,(H,40,44). The number of nitrogens with zero attached hydrogens (tertiary/aromatic N) is 2. The molecule has 246 valence electrons. The highest BCUT2D eigenvalue weighted by Gasteiger charge is 2.34. The van der Waals surface area contributed by atoms with E-state index in [1.54, 1.807) is 42.5 Å². The zero-order valence-corrected chi connectivity index (χ0v) is 27.8. The average molecular weight is 662 g/mol. The summed E-state index contributed by atoms with van der Waals surface area (Å²) < 4.78 is 35.4. The van der Waals surface area contributed by atoms with Gasteiger partial charge in [0.05, 0.1) is 10.6 Å². The van der Waals surface area contributed by atoms with Crippen LogP contribution >= 0.6 is 0 Å². The Balaban J connectivity index is 1.54. The summed E-state index contributed by atoms with van der Waals surface area (Å²) in [6.07, 6.45) is 0.245. The summed E-state index contributed by atoms with van der Waals surface area (Å²) in [5.41, 5.74) is 1.95. The number of carbonyl (C=O) groups excluding carboxylic acids is 2. The zero-order valence-electron chi connectivity index (χ0n) is 27.0. The first-order chi connectivity index (χ1) is 23.2. The molecule has 0 heterocycles. The SMILES string of the molecule is CC(C)NC(=O)C(Cc1ccccc1)N(Cc1ccccc1)C(=O)CN(c1ccc(Oc2ccccc2)cc1)S(=O)(=O)c1ccccc1. The van der Waals surface area contributed by atoms with Gasteiger partial charge in [0.1, 0.15) is 24.1 Å². The number of hydrogen-bond donors (Lipinski definition) is 1. The molecule has 8 nitrogen and oxygen atoms in total. The van der Waals surface area contributed by atoms with Crippen LogP contribution < -0.4 is 14.4 Å². The molecule has 2 amide bonds. The molecule has 0 aliphatic heterocycles. The Bertz CT molecular complexity index is 1870. The summed E-state index contributed by atoms with van der Waals surface area (Å²) in [4.78, 5) is 29.9. The first kappa shape index (κ1) is 33.9. The van der Waals surface area contributed by atoms with Crippen molar-refractivity contribution in [2.24, 2.45) is 0 Å². The number of hydrogen-bond acceptors (Lipinski definition) is 5. The maximum atomic E-state index is 14.6. The Kier molecular flexibility index (Phi) is 11.3. The van der Waals surface area contributed by atoms with E-state index >= 15 is 0 Å². The van der Waals surface area contributed by atoms with Crippen molar-refractivity contribution in [3.8, 4) is 11.5 Å². The van der Waals surface area contributed by atoms with Crippen LogP contribution in [0.15, 0.2) is 150 Å². The number of amides is 2. The van der Waals surface area contributed by atoms with E-state index in [0.717, 1.165) is 15.4 Å². The first-order valence-corrected chi connectivity index (χ1v) is 17.2. The van der Waals surface area contributed by atoms with E-state index in [-0.39, 0.29) is 35.5 Å². The normalized spacial score (nSPS) is 11.8. The van der Waals surface area contributed by atoms with Crippen molar-refractivity contribution in [3.63, 3.8) is 0 Å². The molecular formula is C39H39N3O5S. The van der Waals surface area contributed by atoms with Gasteiger partial charge in [0.25, 0.3) is 10.0 Å². The molecule has 0 radical (unpaired) electrons. The highest BCUT2D eigenvalue weighted by molar-refractivity contribution is 7.92. The van der Waals surface area contributed by atoms with Gasteiger partial charge in [-0.1, -0.05) is 97.1 Å². The molecule has 0 saturated carbocycles. The van der Waals surface area contributed by atoms with Gasteiger partial charge in [-0.05, 0) is 73.5 Å². The van der Waals surface area contributed by atoms with E-state index < -0.39 is 28.5 Å². The molecule has 0 saturated heterocycles. The smallest absolute Gasteiger partial charge is 0.264 e. The van der Waals surface area contributed by atoms with Crippen molar-refractivity contribution in [2.75, 3.05) is 10.8 Å². The van der Waals surface area contributed by atoms with Gasteiger partial charge in [0.2, 0.25) is 11.8 Å². The Hall–Kier alpha value is -5.41. The van der Waals surface area contributed by atoms with Gasteiger partial charge in [-0.15, -0.1) is 0 Å². The fraction of sp³-hybridized carbons (Fsp3) is 0.179. The molecule has 0 bridgehead atoms. The molecule has 1 atom stereocenters. The lowest BCUT2D eigenvalue weighted by Crippen LogP contribution is -2.54. The van der Waals surface area contributed by atoms with Crippen molar-refractivity contribution in [1.29, 1.82) is 0 Å². The molecule has 5 rings (SSSR count). The van der Waals surface area contributed by atoms with Gasteiger partial charge < -0.3 is 15.0 Å². The number of nitrogens with one attached hydrogen (secondary N) is 1. The fourth-order valence-electron chi connectivity index (χ4n) is 5.27. The minimum atomic E-state index is -4.21. The third-order valence-electron chi connectivity index (χ3n) is 7.61. The van der Waals surface area contributed by atoms with Gasteiger partial charge >= 0.3 is 0 Å². The highest BCUT2D eigenvalue weighted by Crippen LogP contribution is 2.29. The maximum Gasteiger partial charge on any atom is 0.264 e. The molecule has 48 heavy (non-hydrogen) atoms. The molecule has 5 aromatic carbocycles. The van der Waals surface area contributed by atoms with Crippen molar-refractivity contribution in [3.05, 3.63) is 157 Å². The van der Waals surface area contributed by atoms with Crippen molar-refractivity contribution in [1.82, 2.24) is 10.2 Å². The molecule has 9 heteroatoms. The predicted octanol–water partition coefficient (Wildman–Crippen LogP) is 6.84. The summed E-state index contributed by atoms with van der Waals surface area (Å²) >= 11 is 0. The van der Waals surface area contributed by atoms with Crippen LogP contribution in [-0.4, -0.2) is 43.8 Å². The van der Waals surface area contributed by atoms with E-state index in [2.05, 4.69) is 5.32 Å². The topological polar surface area (TPSA) is 96.0 Å². The number of ether oxygens (including phenoxy) is 1. The molecule has 1 unspecified atom stereocenters. The summed E-state index contributed by atoms with van der Waals surface area (Å²) in [5, 5.41) is 2.97. The summed E-state index contributed by atoms with van der Waals surface area (Å²) in [5.74, 6) is 0.294. The third-order valence-corrected chi connectivity index (χ3v) is 9.40. The number of carbonyl (C=O) groups is 2. The Morgan fingerprint density at radius 2 is 1.17 bits per heavy atom. The van der Waals surface area contributed by atoms with Crippen molar-refractivity contribution >= 4 is 27.5 Å². The predicted molar refractivity (Wildman–Crippen MR) is 188 cm³/mol. The van der Waals surface area contributed by atoms with Gasteiger partial charge in [0.15, 0.2) is 0 Å². The van der Waals surface area contributed by atoms with Crippen LogP contribution in [0.25, 0.3) is 0 Å². The van der Waals surface area contributed by atoms with Crippen LogP contribution in [0, 0.1) is 0 Å². The van der Waals surface area contributed by atoms with Crippen LogP contribution in [-0.2, 0) is 32.6 Å². The van der Waals surface area contributed by atoms with E-state index in [1.807, 2.05) is 105 Å². The molecule has 1 N–H and O–H groups in total. The molecule has 0 spiro atoms. The molecular weight excluding hydrogens is 623 g/mol. The molecule has 0 fully saturated rings. The second-order valence-electron chi connectivity index (χ2n) is 11.6. The monoisotopic (exact) mass is 661 g/mol. The fourth-order valence-corrected chi connectivity index (χ4v) is 6.70. The Morgan fingerprint density at radius 1 is 0.667 bits per heavy atom. The summed E-state index contributed by atoms with van der Waals surface area (Å²) in [6, 6.07) is 41.5. The lowest BCUT2D eigenvalue weighted by Gasteiger charge is -2.34. The van der Waals surface area contributed by atoms with Crippen LogP contribution in [0.2, 0.25) is 0 Å². The first-order valence-electron chi connectivity index (χ1n) is 15.8. The molecule has 0 aromatic heterocycles. The number of rotatable bonds is 14. The van der Waals surface area contributed by atoms with E-state index in [4.69, 9.17) is 4.74 Å². The van der Waals surface area contributed by atoms with Crippen molar-refractivity contribution in [2.45, 2.75) is 43.8 Å². The average Bonchev–Trinajstić information content (AvgIpc) is 3.10. The van der Waals surface area contributed by atoms with Gasteiger partial charge in [0, 0.05) is 19.0 Å². The minimum absolute atomic E-state index is 0.0374. The number of benzene rings is 5. The Labute approximate surface area is 282 Å². The minimum Gasteiger partial charge on any atom is -0.457 e.